The third-order valence-corrected chi connectivity index (χ3v) is 3.18. The lowest BCUT2D eigenvalue weighted by atomic mass is 10.1. The van der Waals surface area contributed by atoms with Crippen LogP contribution in [0.25, 0.3) is 0 Å². The van der Waals surface area contributed by atoms with Crippen molar-refractivity contribution < 1.29 is 0 Å². The number of hydrogen-bond donors (Lipinski definition) is 2. The minimum absolute atomic E-state index is 0.294. The van der Waals surface area contributed by atoms with Crippen molar-refractivity contribution in [2.24, 2.45) is 0 Å². The summed E-state index contributed by atoms with van der Waals surface area (Å²) in [5.41, 5.74) is 8.30. The van der Waals surface area contributed by atoms with Gasteiger partial charge in [-0.25, -0.2) is 0 Å². The zero-order chi connectivity index (χ0) is 15.2. The molecule has 0 fully saturated rings. The molecule has 0 saturated carbocycles. The molecular formula is C16H23N5. The fourth-order valence-electron chi connectivity index (χ4n) is 2.16. The van der Waals surface area contributed by atoms with Crippen molar-refractivity contribution in [3.8, 4) is 0 Å². The molecule has 0 saturated heterocycles. The highest BCUT2D eigenvalue weighted by Gasteiger charge is 2.07. The molecule has 0 aliphatic rings. The lowest BCUT2D eigenvalue weighted by Gasteiger charge is -2.19. The molecule has 1 aromatic heterocycles. The van der Waals surface area contributed by atoms with Gasteiger partial charge in [0.25, 0.3) is 0 Å². The van der Waals surface area contributed by atoms with Crippen molar-refractivity contribution in [2.75, 3.05) is 29.5 Å². The monoisotopic (exact) mass is 285 g/mol. The Bertz CT molecular complexity index is 597. The Labute approximate surface area is 126 Å². The minimum Gasteiger partial charge on any atom is -0.370 e. The number of aromatic nitrogens is 2. The Balaban J connectivity index is 2.14. The summed E-state index contributed by atoms with van der Waals surface area (Å²) in [4.78, 5) is 10.6. The van der Waals surface area contributed by atoms with E-state index in [1.807, 2.05) is 13.1 Å². The Morgan fingerprint density at radius 1 is 1.24 bits per heavy atom. The van der Waals surface area contributed by atoms with Crippen molar-refractivity contribution in [2.45, 2.75) is 26.8 Å². The van der Waals surface area contributed by atoms with Gasteiger partial charge in [0.2, 0.25) is 5.95 Å². The molecule has 3 N–H and O–H groups in total. The molecule has 0 aliphatic carbocycles. The molecule has 0 atom stereocenters. The van der Waals surface area contributed by atoms with Crippen LogP contribution in [0, 0.1) is 6.92 Å². The van der Waals surface area contributed by atoms with E-state index in [1.165, 1.54) is 11.1 Å². The fraction of sp³-hybridized carbons (Fsp3) is 0.375. The second-order valence-electron chi connectivity index (χ2n) is 5.24. The number of nitrogens with zero attached hydrogens (tertiary/aromatic N) is 3. The summed E-state index contributed by atoms with van der Waals surface area (Å²) in [7, 11) is 2.01. The first-order valence-corrected chi connectivity index (χ1v) is 7.23. The molecule has 5 heteroatoms. The van der Waals surface area contributed by atoms with Crippen LogP contribution in [-0.4, -0.2) is 23.6 Å². The van der Waals surface area contributed by atoms with Crippen molar-refractivity contribution in [3.05, 3.63) is 41.5 Å². The summed E-state index contributed by atoms with van der Waals surface area (Å²) in [6, 6.07) is 10.4. The van der Waals surface area contributed by atoms with Crippen LogP contribution in [0.5, 0.6) is 0 Å². The van der Waals surface area contributed by atoms with Crippen molar-refractivity contribution >= 4 is 17.6 Å². The molecule has 0 aliphatic heterocycles. The highest BCUT2D eigenvalue weighted by Crippen LogP contribution is 2.18. The van der Waals surface area contributed by atoms with Gasteiger partial charge < -0.3 is 16.0 Å². The number of aryl methyl sites for hydroxylation is 1. The van der Waals surface area contributed by atoms with Crippen LogP contribution in [0.4, 0.5) is 17.6 Å². The number of nitrogens with two attached hydrogens (primary N) is 1. The fourth-order valence-corrected chi connectivity index (χ4v) is 2.16. The predicted molar refractivity (Wildman–Crippen MR) is 88.5 cm³/mol. The molecule has 0 radical (unpaired) electrons. The summed E-state index contributed by atoms with van der Waals surface area (Å²) in [6.45, 7) is 5.87. The van der Waals surface area contributed by atoms with Gasteiger partial charge in [0.1, 0.15) is 11.6 Å². The molecule has 112 valence electrons. The Hall–Kier alpha value is -2.30. The largest absolute Gasteiger partial charge is 0.370 e. The van der Waals surface area contributed by atoms with Crippen LogP contribution in [-0.2, 0) is 6.54 Å². The van der Waals surface area contributed by atoms with Gasteiger partial charge in [-0.05, 0) is 18.9 Å². The van der Waals surface area contributed by atoms with E-state index in [-0.39, 0.29) is 0 Å². The molecule has 1 aromatic carbocycles. The molecule has 0 spiro atoms. The molecule has 21 heavy (non-hydrogen) atoms. The summed E-state index contributed by atoms with van der Waals surface area (Å²) in [6.07, 6.45) is 1.04. The molecule has 2 aromatic rings. The standard InChI is InChI=1S/C16H23N5/c1-4-8-18-14-10-15(20-16(17)19-14)21(3)11-13-7-5-6-12(2)9-13/h5-7,9-10H,4,8,11H2,1-3H3,(H3,17,18,19,20). The summed E-state index contributed by atoms with van der Waals surface area (Å²) >= 11 is 0. The second-order valence-corrected chi connectivity index (χ2v) is 5.24. The lowest BCUT2D eigenvalue weighted by Crippen LogP contribution is -2.19. The highest BCUT2D eigenvalue weighted by molar-refractivity contribution is 5.52. The predicted octanol–water partition coefficient (Wildman–Crippen LogP) is 2.83. The Morgan fingerprint density at radius 3 is 2.76 bits per heavy atom. The van der Waals surface area contributed by atoms with E-state index < -0.39 is 0 Å². The normalized spacial score (nSPS) is 10.4. The zero-order valence-corrected chi connectivity index (χ0v) is 12.9. The van der Waals surface area contributed by atoms with Crippen LogP contribution >= 0.6 is 0 Å². The smallest absolute Gasteiger partial charge is 0.223 e. The van der Waals surface area contributed by atoms with Gasteiger partial charge >= 0.3 is 0 Å². The van der Waals surface area contributed by atoms with Crippen LogP contribution in [0.3, 0.4) is 0 Å². The number of benzene rings is 1. The summed E-state index contributed by atoms with van der Waals surface area (Å²) in [5, 5.41) is 3.25. The molecule has 1 heterocycles. The second kappa shape index (κ2) is 6.92. The lowest BCUT2D eigenvalue weighted by molar-refractivity contribution is 0.890. The SMILES string of the molecule is CCCNc1cc(N(C)Cc2cccc(C)c2)nc(N)n1. The molecular weight excluding hydrogens is 262 g/mol. The van der Waals surface area contributed by atoms with Crippen molar-refractivity contribution in [1.82, 2.24) is 9.97 Å². The number of anilines is 3. The minimum atomic E-state index is 0.294. The highest BCUT2D eigenvalue weighted by atomic mass is 15.2. The topological polar surface area (TPSA) is 67.1 Å². The van der Waals surface area contributed by atoms with Gasteiger partial charge in [0.15, 0.2) is 0 Å². The van der Waals surface area contributed by atoms with E-state index in [2.05, 4.69) is 58.3 Å². The van der Waals surface area contributed by atoms with Crippen LogP contribution in [0.15, 0.2) is 30.3 Å². The van der Waals surface area contributed by atoms with E-state index in [0.29, 0.717) is 5.95 Å². The maximum Gasteiger partial charge on any atom is 0.223 e. The summed E-state index contributed by atoms with van der Waals surface area (Å²) in [5.74, 6) is 1.89. The van der Waals surface area contributed by atoms with Crippen LogP contribution < -0.4 is 16.0 Å². The van der Waals surface area contributed by atoms with E-state index >= 15 is 0 Å². The van der Waals surface area contributed by atoms with Crippen molar-refractivity contribution in [3.63, 3.8) is 0 Å². The number of nitrogens with one attached hydrogen (secondary N) is 1. The average Bonchev–Trinajstić information content (AvgIpc) is 2.44. The Morgan fingerprint density at radius 2 is 2.05 bits per heavy atom. The molecule has 0 amide bonds. The number of nitrogen functional groups attached to an aromatic ring is 1. The van der Waals surface area contributed by atoms with Gasteiger partial charge in [0, 0.05) is 26.2 Å². The van der Waals surface area contributed by atoms with E-state index in [4.69, 9.17) is 5.73 Å². The first kappa shape index (κ1) is 15.1. The van der Waals surface area contributed by atoms with Gasteiger partial charge in [-0.15, -0.1) is 0 Å². The van der Waals surface area contributed by atoms with Crippen LogP contribution in [0.1, 0.15) is 24.5 Å². The first-order valence-electron chi connectivity index (χ1n) is 7.23. The molecule has 5 nitrogen and oxygen atoms in total. The third-order valence-electron chi connectivity index (χ3n) is 3.18. The average molecular weight is 285 g/mol. The van der Waals surface area contributed by atoms with E-state index in [0.717, 1.165) is 31.1 Å². The van der Waals surface area contributed by atoms with E-state index in [9.17, 15) is 0 Å². The van der Waals surface area contributed by atoms with Crippen LogP contribution in [0.2, 0.25) is 0 Å². The molecule has 0 bridgehead atoms. The van der Waals surface area contributed by atoms with Gasteiger partial charge in [-0.1, -0.05) is 36.8 Å². The van der Waals surface area contributed by atoms with E-state index in [1.54, 1.807) is 0 Å². The van der Waals surface area contributed by atoms with Crippen molar-refractivity contribution in [1.29, 1.82) is 0 Å². The van der Waals surface area contributed by atoms with Gasteiger partial charge in [-0.2, -0.15) is 9.97 Å². The molecule has 0 unspecified atom stereocenters. The Kier molecular flexibility index (Phi) is 4.98. The first-order chi connectivity index (χ1) is 10.1. The van der Waals surface area contributed by atoms with Gasteiger partial charge in [0.05, 0.1) is 0 Å². The molecule has 2 rings (SSSR count). The number of rotatable bonds is 6. The number of hydrogen-bond acceptors (Lipinski definition) is 5. The zero-order valence-electron chi connectivity index (χ0n) is 12.9. The third kappa shape index (κ3) is 4.34. The maximum atomic E-state index is 5.80. The maximum absolute atomic E-state index is 5.80. The van der Waals surface area contributed by atoms with Gasteiger partial charge in [-0.3, -0.25) is 0 Å². The quantitative estimate of drug-likeness (QED) is 0.854. The summed E-state index contributed by atoms with van der Waals surface area (Å²) < 4.78 is 0.